The molecule has 1 heterocycles. The first-order valence-corrected chi connectivity index (χ1v) is 8.35. The second kappa shape index (κ2) is 6.88. The average molecular weight is 315 g/mol. The Morgan fingerprint density at radius 1 is 1.32 bits per heavy atom. The highest BCUT2D eigenvalue weighted by molar-refractivity contribution is 7.10. The van der Waals surface area contributed by atoms with Gasteiger partial charge >= 0.3 is 0 Å². The first kappa shape index (κ1) is 15.0. The lowest BCUT2D eigenvalue weighted by Crippen LogP contribution is -2.29. The van der Waals surface area contributed by atoms with Crippen LogP contribution in [0.3, 0.4) is 0 Å². The molecule has 1 aromatic heterocycles. The smallest absolute Gasteiger partial charge is 0.221 e. The van der Waals surface area contributed by atoms with Crippen molar-refractivity contribution >= 4 is 17.2 Å². The lowest BCUT2D eigenvalue weighted by Gasteiger charge is -2.19. The number of hydrogen-bond donors (Lipinski definition) is 1. The number of rotatable bonds is 5. The predicted octanol–water partition coefficient (Wildman–Crippen LogP) is 4.45. The summed E-state index contributed by atoms with van der Waals surface area (Å²) >= 11 is 1.59. The zero-order valence-electron chi connectivity index (χ0n) is 12.2. The van der Waals surface area contributed by atoms with Crippen LogP contribution in [0.1, 0.15) is 35.7 Å². The minimum atomic E-state index is -0.268. The summed E-state index contributed by atoms with van der Waals surface area (Å²) in [6.45, 7) is 0. The van der Waals surface area contributed by atoms with Gasteiger partial charge in [0.1, 0.15) is 5.82 Å². The van der Waals surface area contributed by atoms with Crippen molar-refractivity contribution in [1.82, 2.24) is 5.32 Å². The van der Waals surface area contributed by atoms with Gasteiger partial charge in [-0.15, -0.1) is 11.3 Å². The van der Waals surface area contributed by atoms with Crippen LogP contribution in [0.25, 0.3) is 0 Å². The molecule has 0 spiro atoms. The van der Waals surface area contributed by atoms with Crippen molar-refractivity contribution in [2.24, 2.45) is 5.92 Å². The Kier molecular flexibility index (Phi) is 4.68. The molecular formula is C18H18FNOS. The van der Waals surface area contributed by atoms with Gasteiger partial charge in [0, 0.05) is 11.3 Å². The number of hydrogen-bond acceptors (Lipinski definition) is 2. The Bertz CT molecular complexity index is 648. The molecule has 1 aliphatic rings. The van der Waals surface area contributed by atoms with E-state index in [1.54, 1.807) is 23.5 Å². The predicted molar refractivity (Wildman–Crippen MR) is 87.2 cm³/mol. The summed E-state index contributed by atoms with van der Waals surface area (Å²) < 4.78 is 13.1. The fraction of sp³-hybridized carbons (Fsp3) is 0.278. The molecule has 2 aromatic rings. The molecule has 4 heteroatoms. The van der Waals surface area contributed by atoms with E-state index in [1.807, 2.05) is 17.5 Å². The number of carbonyl (C=O) groups is 1. The number of halogens is 1. The van der Waals surface area contributed by atoms with Crippen molar-refractivity contribution in [3.05, 3.63) is 70.2 Å². The fourth-order valence-electron chi connectivity index (χ4n) is 2.75. The molecule has 0 unspecified atom stereocenters. The van der Waals surface area contributed by atoms with Crippen LogP contribution in [0.15, 0.2) is 53.9 Å². The molecule has 0 saturated carbocycles. The van der Waals surface area contributed by atoms with Gasteiger partial charge in [-0.2, -0.15) is 0 Å². The number of benzene rings is 1. The minimum absolute atomic E-state index is 0.0410. The number of allylic oxidation sites excluding steroid dienone is 2. The van der Waals surface area contributed by atoms with Crippen molar-refractivity contribution in [3.8, 4) is 0 Å². The van der Waals surface area contributed by atoms with E-state index in [9.17, 15) is 9.18 Å². The summed E-state index contributed by atoms with van der Waals surface area (Å²) in [6, 6.07) is 10.1. The van der Waals surface area contributed by atoms with Gasteiger partial charge in [-0.3, -0.25) is 4.79 Å². The number of carbonyl (C=O) groups excluding carboxylic acids is 1. The zero-order chi connectivity index (χ0) is 15.4. The zero-order valence-corrected chi connectivity index (χ0v) is 13.0. The second-order valence-electron chi connectivity index (χ2n) is 5.54. The van der Waals surface area contributed by atoms with Crippen LogP contribution in [0.2, 0.25) is 0 Å². The SMILES string of the molecule is O=C(C[C@@H]1C=CCC1)N[C@@H](c1ccc(F)cc1)c1cccs1. The molecule has 0 aliphatic heterocycles. The van der Waals surface area contributed by atoms with E-state index in [0.717, 1.165) is 23.3 Å². The first-order chi connectivity index (χ1) is 10.7. The van der Waals surface area contributed by atoms with Crippen molar-refractivity contribution in [2.75, 3.05) is 0 Å². The standard InChI is InChI=1S/C18H18FNOS/c19-15-9-7-14(8-10-15)18(16-6-3-11-22-16)20-17(21)12-13-4-1-2-5-13/h1,3-4,6-11,13,18H,2,5,12H2,(H,20,21)/t13-,18+/m1/s1. The normalized spacial score (nSPS) is 18.3. The second-order valence-corrected chi connectivity index (χ2v) is 6.52. The maximum absolute atomic E-state index is 13.1. The lowest BCUT2D eigenvalue weighted by molar-refractivity contribution is -0.122. The minimum Gasteiger partial charge on any atom is -0.344 e. The van der Waals surface area contributed by atoms with Crippen molar-refractivity contribution in [2.45, 2.75) is 25.3 Å². The molecular weight excluding hydrogens is 297 g/mol. The molecule has 2 nitrogen and oxygen atoms in total. The highest BCUT2D eigenvalue weighted by Crippen LogP contribution is 2.27. The van der Waals surface area contributed by atoms with Crippen LogP contribution in [-0.2, 0) is 4.79 Å². The van der Waals surface area contributed by atoms with Gasteiger partial charge in [0.2, 0.25) is 5.91 Å². The summed E-state index contributed by atoms with van der Waals surface area (Å²) in [4.78, 5) is 13.4. The number of thiophene rings is 1. The van der Waals surface area contributed by atoms with E-state index in [0.29, 0.717) is 12.3 Å². The van der Waals surface area contributed by atoms with Gasteiger partial charge in [0.25, 0.3) is 0 Å². The summed E-state index contributed by atoms with van der Waals surface area (Å²) in [5, 5.41) is 5.08. The summed E-state index contributed by atoms with van der Waals surface area (Å²) in [5.41, 5.74) is 0.902. The van der Waals surface area contributed by atoms with Crippen molar-refractivity contribution in [1.29, 1.82) is 0 Å². The van der Waals surface area contributed by atoms with Gasteiger partial charge < -0.3 is 5.32 Å². The molecule has 114 valence electrons. The van der Waals surface area contributed by atoms with Crippen LogP contribution in [-0.4, -0.2) is 5.91 Å². The highest BCUT2D eigenvalue weighted by Gasteiger charge is 2.20. The van der Waals surface area contributed by atoms with Crippen molar-refractivity contribution < 1.29 is 9.18 Å². The maximum atomic E-state index is 13.1. The third-order valence-electron chi connectivity index (χ3n) is 3.90. The van der Waals surface area contributed by atoms with E-state index in [4.69, 9.17) is 0 Å². The largest absolute Gasteiger partial charge is 0.344 e. The quantitative estimate of drug-likeness (QED) is 0.812. The Hall–Kier alpha value is -1.94. The Balaban J connectivity index is 1.75. The van der Waals surface area contributed by atoms with E-state index < -0.39 is 0 Å². The molecule has 0 fully saturated rings. The van der Waals surface area contributed by atoms with Gasteiger partial charge in [0.15, 0.2) is 0 Å². The highest BCUT2D eigenvalue weighted by atomic mass is 32.1. The van der Waals surface area contributed by atoms with Crippen LogP contribution in [0.5, 0.6) is 0 Å². The van der Waals surface area contributed by atoms with Crippen LogP contribution in [0.4, 0.5) is 4.39 Å². The Labute approximate surface area is 133 Å². The maximum Gasteiger partial charge on any atom is 0.221 e. The van der Waals surface area contributed by atoms with E-state index in [1.165, 1.54) is 12.1 Å². The molecule has 1 N–H and O–H groups in total. The molecule has 0 saturated heterocycles. The summed E-state index contributed by atoms with van der Waals surface area (Å²) in [7, 11) is 0. The summed E-state index contributed by atoms with van der Waals surface area (Å²) in [5.74, 6) is 0.118. The molecule has 2 atom stereocenters. The molecule has 22 heavy (non-hydrogen) atoms. The van der Waals surface area contributed by atoms with E-state index >= 15 is 0 Å². The molecule has 1 aromatic carbocycles. The van der Waals surface area contributed by atoms with Crippen molar-refractivity contribution in [3.63, 3.8) is 0 Å². The van der Waals surface area contributed by atoms with Crippen LogP contribution in [0, 0.1) is 11.7 Å². The molecule has 1 aliphatic carbocycles. The van der Waals surface area contributed by atoms with E-state index in [2.05, 4.69) is 17.5 Å². The molecule has 0 bridgehead atoms. The third-order valence-corrected chi connectivity index (χ3v) is 4.83. The Morgan fingerprint density at radius 2 is 2.14 bits per heavy atom. The van der Waals surface area contributed by atoms with Gasteiger partial charge in [0.05, 0.1) is 6.04 Å². The summed E-state index contributed by atoms with van der Waals surface area (Å²) in [6.07, 6.45) is 6.88. The first-order valence-electron chi connectivity index (χ1n) is 7.47. The topological polar surface area (TPSA) is 29.1 Å². The molecule has 0 radical (unpaired) electrons. The fourth-order valence-corrected chi connectivity index (χ4v) is 3.56. The van der Waals surface area contributed by atoms with Gasteiger partial charge in [-0.05, 0) is 47.9 Å². The third kappa shape index (κ3) is 3.63. The van der Waals surface area contributed by atoms with E-state index in [-0.39, 0.29) is 17.8 Å². The molecule has 3 rings (SSSR count). The van der Waals surface area contributed by atoms with Gasteiger partial charge in [-0.25, -0.2) is 4.39 Å². The van der Waals surface area contributed by atoms with Gasteiger partial charge in [-0.1, -0.05) is 30.4 Å². The molecule has 1 amide bonds. The number of amides is 1. The Morgan fingerprint density at radius 3 is 2.77 bits per heavy atom. The monoisotopic (exact) mass is 315 g/mol. The van der Waals surface area contributed by atoms with Crippen LogP contribution < -0.4 is 5.32 Å². The lowest BCUT2D eigenvalue weighted by atomic mass is 10.0. The number of nitrogens with one attached hydrogen (secondary N) is 1. The average Bonchev–Trinajstić information content (AvgIpc) is 3.19. The van der Waals surface area contributed by atoms with Crippen LogP contribution >= 0.6 is 11.3 Å².